The average Bonchev–Trinajstić information content (AvgIpc) is 3.14. The van der Waals surface area contributed by atoms with Crippen LogP contribution in [0.3, 0.4) is 0 Å². The van der Waals surface area contributed by atoms with Crippen molar-refractivity contribution in [2.45, 2.75) is 31.7 Å². The van der Waals surface area contributed by atoms with Crippen LogP contribution < -0.4 is 5.32 Å². The Hall–Kier alpha value is -3.08. The van der Waals surface area contributed by atoms with Crippen LogP contribution in [0.4, 0.5) is 0 Å². The number of benzene rings is 2. The first kappa shape index (κ1) is 16.4. The van der Waals surface area contributed by atoms with Gasteiger partial charge < -0.3 is 10.4 Å². The molecule has 0 saturated heterocycles. The summed E-state index contributed by atoms with van der Waals surface area (Å²) in [4.78, 5) is 12.8. The van der Waals surface area contributed by atoms with E-state index in [1.807, 2.05) is 42.6 Å². The van der Waals surface area contributed by atoms with Gasteiger partial charge in [-0.15, -0.1) is 0 Å². The van der Waals surface area contributed by atoms with Gasteiger partial charge in [-0.1, -0.05) is 36.4 Å². The highest BCUT2D eigenvalue weighted by atomic mass is 16.3. The van der Waals surface area contributed by atoms with Gasteiger partial charge in [0.1, 0.15) is 5.75 Å². The topological polar surface area (TPSA) is 78.0 Å². The zero-order chi connectivity index (χ0) is 17.9. The predicted molar refractivity (Wildman–Crippen MR) is 99.1 cm³/mol. The lowest BCUT2D eigenvalue weighted by Crippen LogP contribution is -2.31. The zero-order valence-corrected chi connectivity index (χ0v) is 14.4. The lowest BCUT2D eigenvalue weighted by atomic mass is 9.93. The van der Waals surface area contributed by atoms with Gasteiger partial charge in [-0.25, -0.2) is 0 Å². The van der Waals surface area contributed by atoms with E-state index in [-0.39, 0.29) is 17.7 Å². The predicted octanol–water partition coefficient (Wildman–Crippen LogP) is 3.51. The van der Waals surface area contributed by atoms with Crippen molar-refractivity contribution in [2.75, 3.05) is 0 Å². The van der Waals surface area contributed by atoms with E-state index in [9.17, 15) is 9.90 Å². The molecule has 1 aromatic heterocycles. The Balaban J connectivity index is 1.54. The van der Waals surface area contributed by atoms with E-state index in [1.54, 1.807) is 12.1 Å². The van der Waals surface area contributed by atoms with Crippen LogP contribution in [0.15, 0.2) is 54.7 Å². The monoisotopic (exact) mass is 347 g/mol. The van der Waals surface area contributed by atoms with E-state index in [2.05, 4.69) is 15.5 Å². The van der Waals surface area contributed by atoms with Crippen LogP contribution in [0.5, 0.6) is 5.75 Å². The third kappa shape index (κ3) is 3.33. The highest BCUT2D eigenvalue weighted by Gasteiger charge is 2.25. The molecule has 5 nitrogen and oxygen atoms in total. The molecule has 1 amide bonds. The van der Waals surface area contributed by atoms with E-state index in [4.69, 9.17) is 0 Å². The van der Waals surface area contributed by atoms with E-state index < -0.39 is 0 Å². The number of carbonyl (C=O) groups is 1. The van der Waals surface area contributed by atoms with Gasteiger partial charge >= 0.3 is 0 Å². The number of nitrogens with zero attached hydrogens (tertiary/aromatic N) is 1. The minimum Gasteiger partial charge on any atom is -0.507 e. The number of hydrogen-bond donors (Lipinski definition) is 3. The highest BCUT2D eigenvalue weighted by Crippen LogP contribution is 2.29. The van der Waals surface area contributed by atoms with Crippen molar-refractivity contribution in [2.24, 2.45) is 0 Å². The molecule has 1 aliphatic carbocycles. The summed E-state index contributed by atoms with van der Waals surface area (Å²) in [5, 5.41) is 20.3. The lowest BCUT2D eigenvalue weighted by molar-refractivity contribution is 0.0929. The van der Waals surface area contributed by atoms with Crippen LogP contribution in [0.25, 0.3) is 0 Å². The number of amides is 1. The number of H-pyrrole nitrogens is 1. The number of phenolic OH excluding ortho intramolecular Hbond substituents is 1. The molecule has 1 aliphatic rings. The largest absolute Gasteiger partial charge is 0.507 e. The van der Waals surface area contributed by atoms with Gasteiger partial charge in [0.05, 0.1) is 23.5 Å². The lowest BCUT2D eigenvalue weighted by Gasteiger charge is -2.23. The Bertz CT molecular complexity index is 918. The molecule has 0 spiro atoms. The molecular weight excluding hydrogens is 326 g/mol. The summed E-state index contributed by atoms with van der Waals surface area (Å²) in [5.74, 6) is -0.259. The van der Waals surface area contributed by atoms with Gasteiger partial charge in [0.25, 0.3) is 5.91 Å². The molecule has 0 radical (unpaired) electrons. The number of hydrogen-bond acceptors (Lipinski definition) is 3. The summed E-state index contributed by atoms with van der Waals surface area (Å²) >= 11 is 0. The first-order chi connectivity index (χ1) is 12.7. The van der Waals surface area contributed by atoms with E-state index in [0.29, 0.717) is 5.56 Å². The van der Waals surface area contributed by atoms with Gasteiger partial charge in [0.15, 0.2) is 0 Å². The maximum Gasteiger partial charge on any atom is 0.255 e. The van der Waals surface area contributed by atoms with E-state index >= 15 is 0 Å². The van der Waals surface area contributed by atoms with Gasteiger partial charge in [-0.2, -0.15) is 5.10 Å². The molecule has 0 saturated carbocycles. The van der Waals surface area contributed by atoms with Crippen LogP contribution in [0.1, 0.15) is 51.6 Å². The van der Waals surface area contributed by atoms with Crippen LogP contribution in [0, 0.1) is 0 Å². The number of fused-ring (bicyclic) bond motifs is 1. The first-order valence-corrected chi connectivity index (χ1v) is 8.89. The molecule has 132 valence electrons. The quantitative estimate of drug-likeness (QED) is 0.676. The fraction of sp³-hybridized carbons (Fsp3) is 0.238. The SMILES string of the molecule is O=C(NC1CCCc2cn[nH]c21)c1cc(Cc2ccccc2)ccc1O. The van der Waals surface area contributed by atoms with Gasteiger partial charge in [0.2, 0.25) is 0 Å². The summed E-state index contributed by atoms with van der Waals surface area (Å²) < 4.78 is 0. The second kappa shape index (κ2) is 7.04. The maximum absolute atomic E-state index is 12.8. The summed E-state index contributed by atoms with van der Waals surface area (Å²) in [6.07, 6.45) is 5.40. The summed E-state index contributed by atoms with van der Waals surface area (Å²) in [7, 11) is 0. The molecule has 1 heterocycles. The molecule has 2 aromatic carbocycles. The van der Waals surface area contributed by atoms with Crippen molar-refractivity contribution in [3.63, 3.8) is 0 Å². The minimum absolute atomic E-state index is 0.0000414. The first-order valence-electron chi connectivity index (χ1n) is 8.89. The van der Waals surface area contributed by atoms with Crippen molar-refractivity contribution < 1.29 is 9.90 Å². The summed E-state index contributed by atoms with van der Waals surface area (Å²) in [5.41, 5.74) is 4.60. The molecule has 4 rings (SSSR count). The Labute approximate surface area is 152 Å². The third-order valence-electron chi connectivity index (χ3n) is 4.90. The highest BCUT2D eigenvalue weighted by molar-refractivity contribution is 5.97. The number of rotatable bonds is 4. The van der Waals surface area contributed by atoms with Gasteiger partial charge in [-0.05, 0) is 54.5 Å². The average molecular weight is 347 g/mol. The molecule has 1 unspecified atom stereocenters. The number of phenols is 1. The summed E-state index contributed by atoms with van der Waals surface area (Å²) in [6.45, 7) is 0. The molecule has 0 fully saturated rings. The number of aromatic nitrogens is 2. The number of aromatic hydroxyl groups is 1. The molecule has 3 N–H and O–H groups in total. The molecule has 1 atom stereocenters. The molecular formula is C21H21N3O2. The molecule has 3 aromatic rings. The third-order valence-corrected chi connectivity index (χ3v) is 4.90. The Morgan fingerprint density at radius 2 is 2.04 bits per heavy atom. The van der Waals surface area contributed by atoms with E-state index in [1.165, 1.54) is 5.56 Å². The second-order valence-corrected chi connectivity index (χ2v) is 6.74. The smallest absolute Gasteiger partial charge is 0.255 e. The molecule has 0 aliphatic heterocycles. The molecule has 26 heavy (non-hydrogen) atoms. The Morgan fingerprint density at radius 1 is 1.19 bits per heavy atom. The van der Waals surface area contributed by atoms with Crippen molar-refractivity contribution in [3.8, 4) is 5.75 Å². The standard InChI is InChI=1S/C21H21N3O2/c25-19-10-9-15(11-14-5-2-1-3-6-14)12-17(19)21(26)23-18-8-4-7-16-13-22-24-20(16)18/h1-3,5-6,9-10,12-13,18,25H,4,7-8,11H2,(H,22,24)(H,23,26). The van der Waals surface area contributed by atoms with Gasteiger partial charge in [-0.3, -0.25) is 9.89 Å². The second-order valence-electron chi connectivity index (χ2n) is 6.74. The van der Waals surface area contributed by atoms with Crippen LogP contribution >= 0.6 is 0 Å². The van der Waals surface area contributed by atoms with Crippen molar-refractivity contribution >= 4 is 5.91 Å². The molecule has 5 heteroatoms. The minimum atomic E-state index is -0.259. The van der Waals surface area contributed by atoms with Crippen LogP contribution in [-0.2, 0) is 12.8 Å². The number of aromatic amines is 1. The number of carbonyl (C=O) groups excluding carboxylic acids is 1. The normalized spacial score (nSPS) is 16.1. The fourth-order valence-electron chi connectivity index (χ4n) is 3.55. The fourth-order valence-corrected chi connectivity index (χ4v) is 3.55. The van der Waals surface area contributed by atoms with Crippen LogP contribution in [-0.4, -0.2) is 21.2 Å². The summed E-state index contributed by atoms with van der Waals surface area (Å²) in [6, 6.07) is 15.2. The van der Waals surface area contributed by atoms with E-state index in [0.717, 1.165) is 42.5 Å². The van der Waals surface area contributed by atoms with Gasteiger partial charge in [0, 0.05) is 0 Å². The number of aryl methyl sites for hydroxylation is 1. The van der Waals surface area contributed by atoms with Crippen molar-refractivity contribution in [3.05, 3.63) is 82.7 Å². The zero-order valence-electron chi connectivity index (χ0n) is 14.4. The Kier molecular flexibility index (Phi) is 4.44. The molecule has 0 bridgehead atoms. The van der Waals surface area contributed by atoms with Crippen molar-refractivity contribution in [1.29, 1.82) is 0 Å². The Morgan fingerprint density at radius 3 is 2.88 bits per heavy atom. The van der Waals surface area contributed by atoms with Crippen LogP contribution in [0.2, 0.25) is 0 Å². The van der Waals surface area contributed by atoms with Crippen molar-refractivity contribution in [1.82, 2.24) is 15.5 Å². The number of nitrogens with one attached hydrogen (secondary N) is 2. The maximum atomic E-state index is 12.8.